The monoisotopic (exact) mass is 305 g/mol. The van der Waals surface area contributed by atoms with E-state index in [1.165, 1.54) is 11.8 Å². The summed E-state index contributed by atoms with van der Waals surface area (Å²) in [7, 11) is 0. The number of nitrogens with zero attached hydrogens (tertiary/aromatic N) is 3. The van der Waals surface area contributed by atoms with Gasteiger partial charge in [0.2, 0.25) is 0 Å². The lowest BCUT2D eigenvalue weighted by Crippen LogP contribution is -2.14. The van der Waals surface area contributed by atoms with E-state index in [1.807, 2.05) is 30.3 Å². The van der Waals surface area contributed by atoms with Crippen molar-refractivity contribution in [2.45, 2.75) is 5.03 Å². The van der Waals surface area contributed by atoms with Gasteiger partial charge in [-0.25, -0.2) is 4.98 Å². The molecule has 0 fully saturated rings. The van der Waals surface area contributed by atoms with Gasteiger partial charge in [0, 0.05) is 16.9 Å². The summed E-state index contributed by atoms with van der Waals surface area (Å²) >= 11 is 1.41. The fourth-order valence-electron chi connectivity index (χ4n) is 2.40. The van der Waals surface area contributed by atoms with E-state index in [1.54, 1.807) is 0 Å². The van der Waals surface area contributed by atoms with Gasteiger partial charge in [0.25, 0.3) is 0 Å². The highest BCUT2D eigenvalue weighted by atomic mass is 32.2. The van der Waals surface area contributed by atoms with Crippen molar-refractivity contribution in [2.75, 3.05) is 11.5 Å². The van der Waals surface area contributed by atoms with Crippen molar-refractivity contribution in [2.24, 2.45) is 5.73 Å². The Kier molecular flexibility index (Phi) is 3.46. The lowest BCUT2D eigenvalue weighted by atomic mass is 9.93. The Morgan fingerprint density at radius 3 is 2.41 bits per heavy atom. The van der Waals surface area contributed by atoms with Crippen molar-refractivity contribution in [1.29, 1.82) is 10.5 Å². The Labute approximate surface area is 131 Å². The average molecular weight is 305 g/mol. The summed E-state index contributed by atoms with van der Waals surface area (Å²) in [6.07, 6.45) is 0. The summed E-state index contributed by atoms with van der Waals surface area (Å²) in [6.45, 7) is 0. The number of thioether (sulfide) groups is 1. The normalized spacial score (nSPS) is 13.2. The van der Waals surface area contributed by atoms with E-state index >= 15 is 0 Å². The Balaban J connectivity index is 2.44. The SMILES string of the molecule is N#CC1=C(N)c2c(nc(N)c(C#N)c2-c2ccccc2)SC1. The second kappa shape index (κ2) is 5.44. The van der Waals surface area contributed by atoms with Crippen LogP contribution in [0.25, 0.3) is 16.8 Å². The molecule has 2 aromatic rings. The predicted octanol–water partition coefficient (Wildman–Crippen LogP) is 2.50. The highest BCUT2D eigenvalue weighted by Crippen LogP contribution is 2.42. The number of fused-ring (bicyclic) bond motifs is 1. The number of aromatic nitrogens is 1. The summed E-state index contributed by atoms with van der Waals surface area (Å²) < 4.78 is 0. The maximum Gasteiger partial charge on any atom is 0.143 e. The topological polar surface area (TPSA) is 113 Å². The van der Waals surface area contributed by atoms with Crippen LogP contribution in [0.5, 0.6) is 0 Å². The Hall–Kier alpha value is -2.96. The zero-order chi connectivity index (χ0) is 15.7. The van der Waals surface area contributed by atoms with Gasteiger partial charge in [0.1, 0.15) is 22.5 Å². The van der Waals surface area contributed by atoms with Crippen LogP contribution in [0.4, 0.5) is 5.82 Å². The number of rotatable bonds is 1. The molecule has 5 nitrogen and oxygen atoms in total. The smallest absolute Gasteiger partial charge is 0.143 e. The first-order valence-corrected chi connectivity index (χ1v) is 7.46. The molecular formula is C16H11N5S. The molecule has 0 spiro atoms. The molecule has 1 aliphatic rings. The fraction of sp³-hybridized carbons (Fsp3) is 0.0625. The molecule has 106 valence electrons. The predicted molar refractivity (Wildman–Crippen MR) is 86.2 cm³/mol. The number of benzene rings is 1. The molecule has 0 bridgehead atoms. The quantitative estimate of drug-likeness (QED) is 0.837. The first kappa shape index (κ1) is 14.0. The third kappa shape index (κ3) is 2.07. The molecule has 1 aromatic carbocycles. The summed E-state index contributed by atoms with van der Waals surface area (Å²) in [5, 5.41) is 19.4. The molecule has 0 atom stereocenters. The molecule has 1 aromatic heterocycles. The van der Waals surface area contributed by atoms with Crippen LogP contribution in [0.2, 0.25) is 0 Å². The third-order valence-corrected chi connectivity index (χ3v) is 4.45. The third-order valence-electron chi connectivity index (χ3n) is 3.45. The van der Waals surface area contributed by atoms with Gasteiger partial charge in [-0.3, -0.25) is 0 Å². The van der Waals surface area contributed by atoms with Crippen molar-refractivity contribution < 1.29 is 0 Å². The summed E-state index contributed by atoms with van der Waals surface area (Å²) in [5.41, 5.74) is 15.4. The minimum absolute atomic E-state index is 0.181. The number of hydrogen-bond acceptors (Lipinski definition) is 6. The molecule has 0 saturated heterocycles. The highest BCUT2D eigenvalue weighted by molar-refractivity contribution is 7.99. The lowest BCUT2D eigenvalue weighted by molar-refractivity contribution is 1.10. The molecule has 2 heterocycles. The van der Waals surface area contributed by atoms with Gasteiger partial charge < -0.3 is 11.5 Å². The van der Waals surface area contributed by atoms with Crippen LogP contribution in [-0.4, -0.2) is 10.7 Å². The van der Waals surface area contributed by atoms with Gasteiger partial charge in [-0.05, 0) is 5.56 Å². The molecule has 0 saturated carbocycles. The molecule has 0 aliphatic carbocycles. The van der Waals surface area contributed by atoms with E-state index in [9.17, 15) is 10.5 Å². The molecule has 3 rings (SSSR count). The van der Waals surface area contributed by atoms with E-state index in [0.717, 1.165) is 5.56 Å². The first-order valence-electron chi connectivity index (χ1n) is 6.48. The van der Waals surface area contributed by atoms with Gasteiger partial charge in [-0.15, -0.1) is 11.8 Å². The molecule has 0 unspecified atom stereocenters. The van der Waals surface area contributed by atoms with Crippen LogP contribution in [0.1, 0.15) is 11.1 Å². The maximum absolute atomic E-state index is 9.47. The molecule has 0 amide bonds. The van der Waals surface area contributed by atoms with Crippen molar-refractivity contribution in [3.63, 3.8) is 0 Å². The van der Waals surface area contributed by atoms with Crippen molar-refractivity contribution >= 4 is 23.3 Å². The number of nitriles is 2. The van der Waals surface area contributed by atoms with E-state index in [-0.39, 0.29) is 11.4 Å². The van der Waals surface area contributed by atoms with E-state index in [2.05, 4.69) is 17.1 Å². The van der Waals surface area contributed by atoms with Crippen LogP contribution >= 0.6 is 11.8 Å². The highest BCUT2D eigenvalue weighted by Gasteiger charge is 2.26. The molecule has 1 aliphatic heterocycles. The van der Waals surface area contributed by atoms with E-state index < -0.39 is 0 Å². The fourth-order valence-corrected chi connectivity index (χ4v) is 3.42. The zero-order valence-corrected chi connectivity index (χ0v) is 12.3. The Morgan fingerprint density at radius 2 is 1.77 bits per heavy atom. The first-order chi connectivity index (χ1) is 10.7. The van der Waals surface area contributed by atoms with E-state index in [4.69, 9.17) is 11.5 Å². The van der Waals surface area contributed by atoms with Crippen LogP contribution < -0.4 is 11.5 Å². The molecule has 0 radical (unpaired) electrons. The number of anilines is 1. The Morgan fingerprint density at radius 1 is 1.05 bits per heavy atom. The number of nitrogen functional groups attached to an aromatic ring is 1. The summed E-state index contributed by atoms with van der Waals surface area (Å²) in [4.78, 5) is 4.28. The van der Waals surface area contributed by atoms with Crippen molar-refractivity contribution in [1.82, 2.24) is 4.98 Å². The zero-order valence-electron chi connectivity index (χ0n) is 11.5. The number of pyridine rings is 1. The average Bonchev–Trinajstić information content (AvgIpc) is 2.55. The van der Waals surface area contributed by atoms with Crippen LogP contribution in [0.15, 0.2) is 40.9 Å². The van der Waals surface area contributed by atoms with Gasteiger partial charge in [-0.2, -0.15) is 10.5 Å². The molecular weight excluding hydrogens is 294 g/mol. The van der Waals surface area contributed by atoms with Gasteiger partial charge in [0.15, 0.2) is 0 Å². The minimum atomic E-state index is 0.181. The van der Waals surface area contributed by atoms with Crippen molar-refractivity contribution in [3.05, 3.63) is 47.0 Å². The summed E-state index contributed by atoms with van der Waals surface area (Å²) in [6, 6.07) is 13.6. The largest absolute Gasteiger partial charge is 0.397 e. The second-order valence-corrected chi connectivity index (χ2v) is 5.66. The Bertz CT molecular complexity index is 872. The van der Waals surface area contributed by atoms with Gasteiger partial charge in [0.05, 0.1) is 17.3 Å². The van der Waals surface area contributed by atoms with Crippen LogP contribution in [0.3, 0.4) is 0 Å². The molecule has 6 heteroatoms. The lowest BCUT2D eigenvalue weighted by Gasteiger charge is -2.21. The van der Waals surface area contributed by atoms with E-state index in [0.29, 0.717) is 33.2 Å². The molecule has 4 N–H and O–H groups in total. The second-order valence-electron chi connectivity index (χ2n) is 4.70. The number of hydrogen-bond donors (Lipinski definition) is 2. The minimum Gasteiger partial charge on any atom is -0.397 e. The van der Waals surface area contributed by atoms with Crippen molar-refractivity contribution in [3.8, 4) is 23.3 Å². The van der Waals surface area contributed by atoms with Crippen LogP contribution in [0, 0.1) is 22.7 Å². The maximum atomic E-state index is 9.47. The summed E-state index contributed by atoms with van der Waals surface area (Å²) in [5.74, 6) is 0.642. The molecule has 22 heavy (non-hydrogen) atoms. The standard InChI is InChI=1S/C16H11N5S/c17-6-10-8-22-16-13(14(10)19)12(9-4-2-1-3-5-9)11(7-18)15(20)21-16/h1-5H,8,19H2,(H2,20,21). The van der Waals surface area contributed by atoms with Gasteiger partial charge >= 0.3 is 0 Å². The van der Waals surface area contributed by atoms with Gasteiger partial charge in [-0.1, -0.05) is 30.3 Å². The van der Waals surface area contributed by atoms with Crippen LogP contribution in [-0.2, 0) is 0 Å². The number of nitrogens with two attached hydrogens (primary N) is 2.